The number of pyridine rings is 2. The first-order chi connectivity index (χ1) is 27.5. The SMILES string of the molecule is O=P(c1ccccc1)(c1ccccc1)c1ccc(-c2ccc3c(c2)nc(-c2ccccc2)c2c(F)c4c(c(-c5ccccc5)nc5ccccc54)c(I)c23)cc1. The maximum absolute atomic E-state index is 17.8. The summed E-state index contributed by atoms with van der Waals surface area (Å²) in [4.78, 5) is 10.4. The van der Waals surface area contributed by atoms with Crippen molar-refractivity contribution in [2.24, 2.45) is 0 Å². The standard InChI is InChI=1S/C50H31FIN2OP/c51-47-43-39-23-13-14-24-41(39)53-50(34-17-7-2-8-18-34)46(43)48(52)44-40-30-27-35(31-42(40)54-49(45(44)47)33-15-5-1-6-16-33)32-25-28-38(29-26-32)56(55,36-19-9-3-10-20-36)37-21-11-4-12-22-37/h1-31H. The van der Waals surface area contributed by atoms with Crippen LogP contribution in [0.15, 0.2) is 188 Å². The Balaban J connectivity index is 1.22. The van der Waals surface area contributed by atoms with Gasteiger partial charge in [-0.05, 0) is 45.9 Å². The van der Waals surface area contributed by atoms with Gasteiger partial charge in [0.05, 0.1) is 22.4 Å². The van der Waals surface area contributed by atoms with E-state index in [4.69, 9.17) is 9.97 Å². The monoisotopic (exact) mass is 852 g/mol. The molecule has 0 aliphatic carbocycles. The minimum Gasteiger partial charge on any atom is -0.309 e. The van der Waals surface area contributed by atoms with E-state index in [1.807, 2.05) is 170 Å². The van der Waals surface area contributed by atoms with Crippen molar-refractivity contribution in [3.05, 3.63) is 197 Å². The van der Waals surface area contributed by atoms with Crippen LogP contribution in [-0.4, -0.2) is 9.97 Å². The predicted molar refractivity (Wildman–Crippen MR) is 240 cm³/mol. The molecule has 10 rings (SSSR count). The van der Waals surface area contributed by atoms with E-state index < -0.39 is 7.14 Å². The van der Waals surface area contributed by atoms with Gasteiger partial charge in [-0.1, -0.05) is 176 Å². The lowest BCUT2D eigenvalue weighted by Crippen LogP contribution is -2.24. The summed E-state index contributed by atoms with van der Waals surface area (Å²) in [6.45, 7) is 0. The van der Waals surface area contributed by atoms with E-state index in [-0.39, 0.29) is 5.82 Å². The summed E-state index contributed by atoms with van der Waals surface area (Å²) in [6, 6.07) is 61.4. The molecule has 266 valence electrons. The Kier molecular flexibility index (Phi) is 8.58. The van der Waals surface area contributed by atoms with Crippen molar-refractivity contribution in [2.75, 3.05) is 0 Å². The fraction of sp³-hybridized carbons (Fsp3) is 0. The van der Waals surface area contributed by atoms with Gasteiger partial charge in [-0.2, -0.15) is 0 Å². The maximum Gasteiger partial charge on any atom is 0.171 e. The van der Waals surface area contributed by atoms with Crippen LogP contribution in [-0.2, 0) is 4.57 Å². The molecule has 3 nitrogen and oxygen atoms in total. The van der Waals surface area contributed by atoms with Crippen molar-refractivity contribution in [1.29, 1.82) is 0 Å². The van der Waals surface area contributed by atoms with Crippen LogP contribution in [0.2, 0.25) is 0 Å². The number of halogens is 2. The van der Waals surface area contributed by atoms with Crippen molar-refractivity contribution in [1.82, 2.24) is 9.97 Å². The second kappa shape index (κ2) is 13.9. The quantitative estimate of drug-likeness (QED) is 0.0724. The smallest absolute Gasteiger partial charge is 0.171 e. The molecule has 0 spiro atoms. The van der Waals surface area contributed by atoms with Crippen LogP contribution in [0, 0.1) is 9.39 Å². The van der Waals surface area contributed by atoms with E-state index in [1.165, 1.54) is 0 Å². The van der Waals surface area contributed by atoms with Crippen LogP contribution in [0.25, 0.3) is 77.0 Å². The Bertz CT molecular complexity index is 3120. The first-order valence-corrected chi connectivity index (χ1v) is 21.2. The van der Waals surface area contributed by atoms with Crippen molar-refractivity contribution < 1.29 is 8.96 Å². The van der Waals surface area contributed by atoms with Crippen LogP contribution in [0.5, 0.6) is 0 Å². The number of hydrogen-bond donors (Lipinski definition) is 0. The Morgan fingerprint density at radius 1 is 0.411 bits per heavy atom. The highest BCUT2D eigenvalue weighted by molar-refractivity contribution is 14.1. The first-order valence-electron chi connectivity index (χ1n) is 18.4. The maximum atomic E-state index is 17.8. The summed E-state index contributed by atoms with van der Waals surface area (Å²) in [7, 11) is -3.12. The van der Waals surface area contributed by atoms with Gasteiger partial charge < -0.3 is 4.57 Å². The minimum atomic E-state index is -3.12. The third-order valence-electron chi connectivity index (χ3n) is 10.7. The summed E-state index contributed by atoms with van der Waals surface area (Å²) in [6.07, 6.45) is 0. The molecule has 6 heteroatoms. The van der Waals surface area contributed by atoms with Crippen molar-refractivity contribution in [3.63, 3.8) is 0 Å². The van der Waals surface area contributed by atoms with Gasteiger partial charge in [0.1, 0.15) is 5.82 Å². The van der Waals surface area contributed by atoms with Gasteiger partial charge >= 0.3 is 0 Å². The summed E-state index contributed by atoms with van der Waals surface area (Å²) >= 11 is 2.40. The molecule has 0 atom stereocenters. The van der Waals surface area contributed by atoms with Gasteiger partial charge in [0, 0.05) is 62.9 Å². The average Bonchev–Trinajstić information content (AvgIpc) is 3.27. The molecule has 0 N–H and O–H groups in total. The fourth-order valence-electron chi connectivity index (χ4n) is 7.99. The fourth-order valence-corrected chi connectivity index (χ4v) is 11.7. The molecule has 2 aromatic heterocycles. The molecule has 2 heterocycles. The Hall–Kier alpha value is -6.01. The number of nitrogens with zero attached hydrogens (tertiary/aromatic N) is 2. The third-order valence-corrected chi connectivity index (χ3v) is 14.8. The van der Waals surface area contributed by atoms with Crippen LogP contribution in [0.1, 0.15) is 0 Å². The van der Waals surface area contributed by atoms with Crippen molar-refractivity contribution in [3.8, 4) is 33.6 Å². The highest BCUT2D eigenvalue weighted by Gasteiger charge is 2.30. The molecule has 8 aromatic carbocycles. The zero-order valence-electron chi connectivity index (χ0n) is 29.9. The molecular weight excluding hydrogens is 821 g/mol. The number of para-hydroxylation sites is 1. The lowest BCUT2D eigenvalue weighted by atomic mass is 9.92. The Labute approximate surface area is 337 Å². The molecule has 0 saturated carbocycles. The zero-order valence-corrected chi connectivity index (χ0v) is 33.0. The third kappa shape index (κ3) is 5.57. The van der Waals surface area contributed by atoms with Gasteiger partial charge in [-0.25, -0.2) is 14.4 Å². The Morgan fingerprint density at radius 2 is 0.875 bits per heavy atom. The van der Waals surface area contributed by atoms with E-state index in [0.717, 1.165) is 80.0 Å². The van der Waals surface area contributed by atoms with Crippen LogP contribution >= 0.6 is 29.7 Å². The van der Waals surface area contributed by atoms with E-state index in [1.54, 1.807) is 0 Å². The van der Waals surface area contributed by atoms with Gasteiger partial charge in [0.25, 0.3) is 0 Å². The molecule has 56 heavy (non-hydrogen) atoms. The molecule has 0 aliphatic heterocycles. The Morgan fingerprint density at radius 3 is 1.48 bits per heavy atom. The average molecular weight is 853 g/mol. The summed E-state index contributed by atoms with van der Waals surface area (Å²) in [5.74, 6) is -0.305. The second-order valence-electron chi connectivity index (χ2n) is 13.9. The lowest BCUT2D eigenvalue weighted by molar-refractivity contribution is 0.592. The number of aromatic nitrogens is 2. The van der Waals surface area contributed by atoms with E-state index >= 15 is 8.96 Å². The normalized spacial score (nSPS) is 11.8. The van der Waals surface area contributed by atoms with Gasteiger partial charge in [-0.3, -0.25) is 0 Å². The highest BCUT2D eigenvalue weighted by atomic mass is 127. The molecule has 0 saturated heterocycles. The first kappa shape index (κ1) is 34.5. The predicted octanol–water partition coefficient (Wildman–Crippen LogP) is 12.5. The number of fused-ring (bicyclic) bond motifs is 6. The van der Waals surface area contributed by atoms with E-state index in [2.05, 4.69) is 40.8 Å². The van der Waals surface area contributed by atoms with Crippen molar-refractivity contribution in [2.45, 2.75) is 0 Å². The highest BCUT2D eigenvalue weighted by Crippen LogP contribution is 2.46. The van der Waals surface area contributed by atoms with Crippen molar-refractivity contribution >= 4 is 89.0 Å². The van der Waals surface area contributed by atoms with Gasteiger partial charge in [0.2, 0.25) is 0 Å². The molecule has 0 amide bonds. The summed E-state index contributed by atoms with van der Waals surface area (Å²) in [5, 5.41) is 6.61. The molecule has 0 fully saturated rings. The van der Waals surface area contributed by atoms with Gasteiger partial charge in [0.15, 0.2) is 7.14 Å². The molecular formula is C50H31FIN2OP. The molecule has 0 aliphatic rings. The minimum absolute atomic E-state index is 0.305. The van der Waals surface area contributed by atoms with E-state index in [9.17, 15) is 0 Å². The van der Waals surface area contributed by atoms with Crippen LogP contribution in [0.3, 0.4) is 0 Å². The topological polar surface area (TPSA) is 42.9 Å². The molecule has 0 unspecified atom stereocenters. The largest absolute Gasteiger partial charge is 0.309 e. The summed E-state index contributed by atoms with van der Waals surface area (Å²) in [5.41, 5.74) is 6.51. The summed E-state index contributed by atoms with van der Waals surface area (Å²) < 4.78 is 33.7. The van der Waals surface area contributed by atoms with Crippen LogP contribution < -0.4 is 15.9 Å². The van der Waals surface area contributed by atoms with Crippen LogP contribution in [0.4, 0.5) is 4.39 Å². The molecule has 10 aromatic rings. The molecule has 0 radical (unpaired) electrons. The number of hydrogen-bond acceptors (Lipinski definition) is 3. The zero-order chi connectivity index (χ0) is 37.8. The number of benzene rings is 8. The second-order valence-corrected chi connectivity index (χ2v) is 17.7. The number of rotatable bonds is 6. The van der Waals surface area contributed by atoms with Gasteiger partial charge in [-0.15, -0.1) is 0 Å². The lowest BCUT2D eigenvalue weighted by Gasteiger charge is -2.20. The van der Waals surface area contributed by atoms with E-state index in [0.29, 0.717) is 16.5 Å². The molecule has 0 bridgehead atoms.